The number of hydrogen-bond donors (Lipinski definition) is 2. The van der Waals surface area contributed by atoms with E-state index in [-0.39, 0.29) is 12.0 Å². The van der Waals surface area contributed by atoms with Crippen molar-refractivity contribution in [1.82, 2.24) is 15.1 Å². The molecular weight excluding hydrogens is 358 g/mol. The molecule has 1 aliphatic rings. The fourth-order valence-corrected chi connectivity index (χ4v) is 2.99. The standard InChI is InChI=1S/C20H27N5O3/c1-20(2,3)28-19(27)25-11-10-15-16(12-25)22-23-17(15)21-18(26)13-6-8-14(9-7-13)24(4)5/h6-9H,10-12H2,1-5H3,(H2,21,22,23,26). The molecule has 2 amide bonds. The van der Waals surface area contributed by atoms with Crippen molar-refractivity contribution in [3.63, 3.8) is 0 Å². The number of carbonyl (C=O) groups is 2. The Bertz CT molecular complexity index is 865. The summed E-state index contributed by atoms with van der Waals surface area (Å²) in [6, 6.07) is 7.36. The number of rotatable bonds is 3. The summed E-state index contributed by atoms with van der Waals surface area (Å²) in [5.74, 6) is 0.301. The quantitative estimate of drug-likeness (QED) is 0.848. The predicted molar refractivity (Wildman–Crippen MR) is 108 cm³/mol. The van der Waals surface area contributed by atoms with Gasteiger partial charge >= 0.3 is 6.09 Å². The Balaban J connectivity index is 1.67. The summed E-state index contributed by atoms with van der Waals surface area (Å²) in [5, 5.41) is 10.0. The van der Waals surface area contributed by atoms with Gasteiger partial charge in [0.1, 0.15) is 5.60 Å². The average Bonchev–Trinajstić information content (AvgIpc) is 3.02. The highest BCUT2D eigenvalue weighted by atomic mass is 16.6. The van der Waals surface area contributed by atoms with Gasteiger partial charge in [-0.2, -0.15) is 5.10 Å². The third-order valence-electron chi connectivity index (χ3n) is 4.46. The number of aromatic nitrogens is 2. The van der Waals surface area contributed by atoms with Crippen LogP contribution in [0, 0.1) is 0 Å². The molecule has 0 unspecified atom stereocenters. The minimum Gasteiger partial charge on any atom is -0.444 e. The molecule has 0 fully saturated rings. The van der Waals surface area contributed by atoms with Crippen LogP contribution in [0.15, 0.2) is 24.3 Å². The van der Waals surface area contributed by atoms with Gasteiger partial charge in [-0.25, -0.2) is 4.79 Å². The predicted octanol–water partition coefficient (Wildman–Crippen LogP) is 3.02. The van der Waals surface area contributed by atoms with Crippen LogP contribution >= 0.6 is 0 Å². The molecule has 0 atom stereocenters. The highest BCUT2D eigenvalue weighted by Gasteiger charge is 2.28. The van der Waals surface area contributed by atoms with Gasteiger partial charge in [-0.15, -0.1) is 0 Å². The summed E-state index contributed by atoms with van der Waals surface area (Å²) in [4.78, 5) is 28.4. The molecule has 0 aliphatic carbocycles. The Hall–Kier alpha value is -3.03. The highest BCUT2D eigenvalue weighted by molar-refractivity contribution is 6.04. The van der Waals surface area contributed by atoms with E-state index in [0.29, 0.717) is 30.9 Å². The van der Waals surface area contributed by atoms with Crippen LogP contribution in [0.1, 0.15) is 42.4 Å². The molecule has 0 saturated heterocycles. The van der Waals surface area contributed by atoms with Crippen molar-refractivity contribution in [2.75, 3.05) is 30.9 Å². The zero-order valence-electron chi connectivity index (χ0n) is 17.0. The van der Waals surface area contributed by atoms with Crippen molar-refractivity contribution < 1.29 is 14.3 Å². The zero-order chi connectivity index (χ0) is 20.5. The van der Waals surface area contributed by atoms with E-state index in [1.165, 1.54) is 0 Å². The molecule has 8 nitrogen and oxygen atoms in total. The van der Waals surface area contributed by atoms with Gasteiger partial charge < -0.3 is 19.9 Å². The zero-order valence-corrected chi connectivity index (χ0v) is 17.0. The lowest BCUT2D eigenvalue weighted by Crippen LogP contribution is -2.39. The lowest BCUT2D eigenvalue weighted by molar-refractivity contribution is 0.0221. The van der Waals surface area contributed by atoms with E-state index in [0.717, 1.165) is 16.9 Å². The second kappa shape index (κ2) is 7.53. The van der Waals surface area contributed by atoms with E-state index >= 15 is 0 Å². The van der Waals surface area contributed by atoms with Crippen molar-refractivity contribution in [2.24, 2.45) is 0 Å². The lowest BCUT2D eigenvalue weighted by Gasteiger charge is -2.29. The topological polar surface area (TPSA) is 90.6 Å². The lowest BCUT2D eigenvalue weighted by atomic mass is 10.1. The molecular formula is C20H27N5O3. The third-order valence-corrected chi connectivity index (χ3v) is 4.46. The maximum Gasteiger partial charge on any atom is 0.410 e. The number of fused-ring (bicyclic) bond motifs is 1. The Labute approximate surface area is 164 Å². The minimum atomic E-state index is -0.535. The summed E-state index contributed by atoms with van der Waals surface area (Å²) in [7, 11) is 3.90. The number of nitrogens with one attached hydrogen (secondary N) is 2. The van der Waals surface area contributed by atoms with E-state index in [2.05, 4.69) is 15.5 Å². The normalized spacial score (nSPS) is 13.7. The van der Waals surface area contributed by atoms with Crippen molar-refractivity contribution in [3.8, 4) is 0 Å². The first-order valence-corrected chi connectivity index (χ1v) is 9.27. The molecule has 2 heterocycles. The molecule has 8 heteroatoms. The fraction of sp³-hybridized carbons (Fsp3) is 0.450. The van der Waals surface area contributed by atoms with Gasteiger partial charge in [0.05, 0.1) is 12.2 Å². The summed E-state index contributed by atoms with van der Waals surface area (Å²) >= 11 is 0. The van der Waals surface area contributed by atoms with Crippen molar-refractivity contribution in [2.45, 2.75) is 39.3 Å². The van der Waals surface area contributed by atoms with Gasteiger partial charge in [0.25, 0.3) is 5.91 Å². The molecule has 2 aromatic rings. The second-order valence-electron chi connectivity index (χ2n) is 8.08. The first-order valence-electron chi connectivity index (χ1n) is 9.27. The van der Waals surface area contributed by atoms with Crippen LogP contribution in [-0.4, -0.2) is 53.3 Å². The minimum absolute atomic E-state index is 0.214. The SMILES string of the molecule is CN(C)c1ccc(C(=O)Nc2n[nH]c3c2CCN(C(=O)OC(C)(C)C)C3)cc1. The Morgan fingerprint density at radius 3 is 2.50 bits per heavy atom. The Morgan fingerprint density at radius 2 is 1.89 bits per heavy atom. The Kier molecular flexibility index (Phi) is 5.31. The fourth-order valence-electron chi connectivity index (χ4n) is 2.99. The van der Waals surface area contributed by atoms with E-state index in [1.807, 2.05) is 51.9 Å². The van der Waals surface area contributed by atoms with Gasteiger partial charge in [-0.3, -0.25) is 9.89 Å². The first-order chi connectivity index (χ1) is 13.1. The number of anilines is 2. The van der Waals surface area contributed by atoms with Crippen LogP contribution in [0.2, 0.25) is 0 Å². The van der Waals surface area contributed by atoms with Crippen molar-refractivity contribution in [3.05, 3.63) is 41.1 Å². The summed E-state index contributed by atoms with van der Waals surface area (Å²) in [6.07, 6.45) is 0.250. The van der Waals surface area contributed by atoms with Gasteiger partial charge in [0, 0.05) is 37.5 Å². The molecule has 1 aliphatic heterocycles. The summed E-state index contributed by atoms with van der Waals surface area (Å²) in [6.45, 7) is 6.42. The van der Waals surface area contributed by atoms with Crippen LogP contribution in [0.25, 0.3) is 0 Å². The molecule has 0 saturated carbocycles. The van der Waals surface area contributed by atoms with Crippen LogP contribution in [0.4, 0.5) is 16.3 Å². The van der Waals surface area contributed by atoms with Crippen LogP contribution in [-0.2, 0) is 17.7 Å². The largest absolute Gasteiger partial charge is 0.444 e. The van der Waals surface area contributed by atoms with Crippen LogP contribution in [0.3, 0.4) is 0 Å². The smallest absolute Gasteiger partial charge is 0.410 e. The van der Waals surface area contributed by atoms with Crippen molar-refractivity contribution >= 4 is 23.5 Å². The van der Waals surface area contributed by atoms with Crippen LogP contribution < -0.4 is 10.2 Å². The Morgan fingerprint density at radius 1 is 1.21 bits per heavy atom. The number of benzene rings is 1. The van der Waals surface area contributed by atoms with E-state index < -0.39 is 5.60 Å². The number of H-pyrrole nitrogens is 1. The molecule has 150 valence electrons. The van der Waals surface area contributed by atoms with Gasteiger partial charge in [0.2, 0.25) is 0 Å². The molecule has 1 aromatic heterocycles. The maximum absolute atomic E-state index is 12.5. The summed E-state index contributed by atoms with van der Waals surface area (Å²) in [5.41, 5.74) is 2.80. The monoisotopic (exact) mass is 385 g/mol. The molecule has 2 N–H and O–H groups in total. The van der Waals surface area contributed by atoms with E-state index in [4.69, 9.17) is 4.74 Å². The number of ether oxygens (including phenoxy) is 1. The molecule has 28 heavy (non-hydrogen) atoms. The third kappa shape index (κ3) is 4.44. The molecule has 0 spiro atoms. The molecule has 1 aromatic carbocycles. The highest BCUT2D eigenvalue weighted by Crippen LogP contribution is 2.25. The van der Waals surface area contributed by atoms with Gasteiger partial charge in [-0.05, 0) is 51.5 Å². The van der Waals surface area contributed by atoms with Crippen molar-refractivity contribution in [1.29, 1.82) is 0 Å². The maximum atomic E-state index is 12.5. The molecule has 0 bridgehead atoms. The van der Waals surface area contributed by atoms with E-state index in [9.17, 15) is 9.59 Å². The second-order valence-corrected chi connectivity index (χ2v) is 8.08. The number of aromatic amines is 1. The number of hydrogen-bond acceptors (Lipinski definition) is 5. The number of amides is 2. The first kappa shape index (κ1) is 19.7. The average molecular weight is 385 g/mol. The molecule has 0 radical (unpaired) electrons. The summed E-state index contributed by atoms with van der Waals surface area (Å²) < 4.78 is 5.43. The van der Waals surface area contributed by atoms with E-state index in [1.54, 1.807) is 17.0 Å². The molecule has 3 rings (SSSR count). The van der Waals surface area contributed by atoms with Crippen LogP contribution in [0.5, 0.6) is 0 Å². The van der Waals surface area contributed by atoms with Gasteiger partial charge in [0.15, 0.2) is 5.82 Å². The number of carbonyl (C=O) groups excluding carboxylic acids is 2. The van der Waals surface area contributed by atoms with Gasteiger partial charge in [-0.1, -0.05) is 0 Å². The number of nitrogens with zero attached hydrogens (tertiary/aromatic N) is 3.